The lowest BCUT2D eigenvalue weighted by molar-refractivity contribution is -0.140. The summed E-state index contributed by atoms with van der Waals surface area (Å²) in [5, 5.41) is 6.78. The van der Waals surface area contributed by atoms with E-state index in [4.69, 9.17) is 0 Å². The Labute approximate surface area is 170 Å². The number of rotatable bonds is 5. The molecule has 1 amide bonds. The van der Waals surface area contributed by atoms with E-state index >= 15 is 0 Å². The number of carbonyl (C=O) groups excluding carboxylic acids is 1. The monoisotopic (exact) mass is 425 g/mol. The van der Waals surface area contributed by atoms with Crippen molar-refractivity contribution in [1.29, 1.82) is 0 Å². The molecule has 6 nitrogen and oxygen atoms in total. The van der Waals surface area contributed by atoms with E-state index in [1.54, 1.807) is 17.5 Å². The van der Waals surface area contributed by atoms with Crippen LogP contribution in [-0.2, 0) is 11.0 Å². The van der Waals surface area contributed by atoms with Crippen molar-refractivity contribution < 1.29 is 18.0 Å². The molecule has 3 aromatic rings. The molecule has 0 aliphatic rings. The molecule has 0 atom stereocenters. The SMILES string of the molecule is CCC(CC)c1nc(C)cc2c(-c3sc(NC(C)=O)nc3C(F)(F)F)c(C)nn12. The van der Waals surface area contributed by atoms with Gasteiger partial charge in [-0.1, -0.05) is 25.2 Å². The summed E-state index contributed by atoms with van der Waals surface area (Å²) in [6, 6.07) is 1.74. The van der Waals surface area contributed by atoms with Gasteiger partial charge in [0.15, 0.2) is 10.8 Å². The first-order valence-electron chi connectivity index (χ1n) is 9.29. The fourth-order valence-electron chi connectivity index (χ4n) is 3.40. The maximum atomic E-state index is 13.7. The first-order valence-corrected chi connectivity index (χ1v) is 10.1. The van der Waals surface area contributed by atoms with Gasteiger partial charge in [0.25, 0.3) is 0 Å². The summed E-state index contributed by atoms with van der Waals surface area (Å²) in [7, 11) is 0. The van der Waals surface area contributed by atoms with Gasteiger partial charge in [-0.2, -0.15) is 18.3 Å². The van der Waals surface area contributed by atoms with Crippen LogP contribution in [0.15, 0.2) is 6.07 Å². The van der Waals surface area contributed by atoms with Gasteiger partial charge >= 0.3 is 6.18 Å². The van der Waals surface area contributed by atoms with Gasteiger partial charge in [-0.3, -0.25) is 4.79 Å². The summed E-state index contributed by atoms with van der Waals surface area (Å²) >= 11 is 0.796. The van der Waals surface area contributed by atoms with Crippen LogP contribution in [0.1, 0.15) is 62.4 Å². The number of nitrogens with zero attached hydrogens (tertiary/aromatic N) is 4. The number of halogens is 3. The molecule has 0 aromatic carbocycles. The first-order chi connectivity index (χ1) is 13.6. The number of hydrogen-bond donors (Lipinski definition) is 1. The number of fused-ring (bicyclic) bond motifs is 1. The quantitative estimate of drug-likeness (QED) is 0.598. The van der Waals surface area contributed by atoms with Crippen LogP contribution in [-0.4, -0.2) is 25.5 Å². The molecule has 0 bridgehead atoms. The lowest BCUT2D eigenvalue weighted by Gasteiger charge is -2.14. The van der Waals surface area contributed by atoms with Gasteiger partial charge in [0.1, 0.15) is 5.82 Å². The smallest absolute Gasteiger partial charge is 0.302 e. The Morgan fingerprint density at radius 3 is 2.45 bits per heavy atom. The largest absolute Gasteiger partial charge is 0.434 e. The van der Waals surface area contributed by atoms with Crippen molar-refractivity contribution in [3.8, 4) is 10.4 Å². The molecule has 3 heterocycles. The number of nitrogens with one attached hydrogen (secondary N) is 1. The Bertz CT molecular complexity index is 1070. The van der Waals surface area contributed by atoms with E-state index in [1.807, 2.05) is 20.8 Å². The van der Waals surface area contributed by atoms with Crippen LogP contribution in [0.5, 0.6) is 0 Å². The van der Waals surface area contributed by atoms with Crippen LogP contribution >= 0.6 is 11.3 Å². The van der Waals surface area contributed by atoms with Crippen molar-refractivity contribution in [1.82, 2.24) is 19.6 Å². The lowest BCUT2D eigenvalue weighted by atomic mass is 10.0. The highest BCUT2D eigenvalue weighted by atomic mass is 32.1. The van der Waals surface area contributed by atoms with Gasteiger partial charge in [-0.05, 0) is 32.8 Å². The topological polar surface area (TPSA) is 72.2 Å². The molecule has 0 saturated carbocycles. The number of aryl methyl sites for hydroxylation is 2. The van der Waals surface area contributed by atoms with Gasteiger partial charge < -0.3 is 5.32 Å². The Morgan fingerprint density at radius 2 is 1.90 bits per heavy atom. The van der Waals surface area contributed by atoms with Crippen molar-refractivity contribution >= 4 is 27.9 Å². The average molecular weight is 425 g/mol. The molecule has 10 heteroatoms. The van der Waals surface area contributed by atoms with Crippen molar-refractivity contribution in [2.24, 2.45) is 0 Å². The second-order valence-electron chi connectivity index (χ2n) is 6.90. The van der Waals surface area contributed by atoms with E-state index in [0.29, 0.717) is 22.5 Å². The molecule has 3 rings (SSSR count). The number of hydrogen-bond acceptors (Lipinski definition) is 5. The van der Waals surface area contributed by atoms with E-state index in [1.165, 1.54) is 6.92 Å². The molecular weight excluding hydrogens is 403 g/mol. The van der Waals surface area contributed by atoms with Crippen LogP contribution in [0, 0.1) is 13.8 Å². The van der Waals surface area contributed by atoms with Gasteiger partial charge in [0.2, 0.25) is 5.91 Å². The molecule has 0 unspecified atom stereocenters. The van der Waals surface area contributed by atoms with E-state index in [0.717, 1.165) is 30.0 Å². The van der Waals surface area contributed by atoms with E-state index in [2.05, 4.69) is 20.4 Å². The number of thiazole rings is 1. The minimum atomic E-state index is -4.66. The first kappa shape index (κ1) is 21.2. The highest BCUT2D eigenvalue weighted by molar-refractivity contribution is 7.19. The maximum Gasteiger partial charge on any atom is 0.434 e. The molecular formula is C19H22F3N5OS. The van der Waals surface area contributed by atoms with Crippen LogP contribution in [0.3, 0.4) is 0 Å². The molecule has 0 aliphatic heterocycles. The van der Waals surface area contributed by atoms with E-state index in [9.17, 15) is 18.0 Å². The van der Waals surface area contributed by atoms with Gasteiger partial charge in [0, 0.05) is 24.1 Å². The van der Waals surface area contributed by atoms with Crippen molar-refractivity contribution in [3.63, 3.8) is 0 Å². The molecule has 29 heavy (non-hydrogen) atoms. The number of anilines is 1. The summed E-state index contributed by atoms with van der Waals surface area (Å²) in [6.07, 6.45) is -2.97. The molecule has 0 fully saturated rings. The van der Waals surface area contributed by atoms with Crippen LogP contribution in [0.25, 0.3) is 16.0 Å². The van der Waals surface area contributed by atoms with E-state index in [-0.39, 0.29) is 15.9 Å². The third-order valence-electron chi connectivity index (χ3n) is 4.71. The number of aromatic nitrogens is 4. The second-order valence-corrected chi connectivity index (χ2v) is 7.90. The predicted molar refractivity (Wildman–Crippen MR) is 106 cm³/mol. The molecule has 0 radical (unpaired) electrons. The molecule has 0 saturated heterocycles. The Kier molecular flexibility index (Phi) is 5.66. The molecule has 0 spiro atoms. The maximum absolute atomic E-state index is 13.7. The summed E-state index contributed by atoms with van der Waals surface area (Å²) in [5.41, 5.74) is 1.06. The molecule has 156 valence electrons. The van der Waals surface area contributed by atoms with Gasteiger partial charge in [-0.25, -0.2) is 14.5 Å². The van der Waals surface area contributed by atoms with Crippen molar-refractivity contribution in [3.05, 3.63) is 29.0 Å². The fourth-order valence-corrected chi connectivity index (χ4v) is 4.53. The molecule has 1 N–H and O–H groups in total. The summed E-state index contributed by atoms with van der Waals surface area (Å²) in [6.45, 7) is 8.81. The molecule has 3 aromatic heterocycles. The standard InChI is InChI=1S/C19H22F3N5OS/c1-6-12(7-2)17-23-9(3)8-13-14(10(4)26-27(13)17)15-16(19(20,21)22)25-18(29-15)24-11(5)28/h8,12H,6-7H2,1-5H3,(H,24,25,28). The van der Waals surface area contributed by atoms with Gasteiger partial charge in [-0.15, -0.1) is 0 Å². The summed E-state index contributed by atoms with van der Waals surface area (Å²) in [5.74, 6) is 0.397. The number of carbonyl (C=O) groups is 1. The third-order valence-corrected chi connectivity index (χ3v) is 5.69. The highest BCUT2D eigenvalue weighted by Crippen LogP contribution is 2.44. The molecule has 0 aliphatic carbocycles. The number of amides is 1. The third kappa shape index (κ3) is 3.98. The minimum absolute atomic E-state index is 0.0603. The van der Waals surface area contributed by atoms with E-state index < -0.39 is 17.8 Å². The summed E-state index contributed by atoms with van der Waals surface area (Å²) in [4.78, 5) is 19.5. The Hall–Kier alpha value is -2.49. The lowest BCUT2D eigenvalue weighted by Crippen LogP contribution is -2.10. The summed E-state index contributed by atoms with van der Waals surface area (Å²) < 4.78 is 42.8. The van der Waals surface area contributed by atoms with Crippen LogP contribution in [0.2, 0.25) is 0 Å². The minimum Gasteiger partial charge on any atom is -0.302 e. The van der Waals surface area contributed by atoms with Crippen LogP contribution in [0.4, 0.5) is 18.3 Å². The highest BCUT2D eigenvalue weighted by Gasteiger charge is 2.39. The zero-order valence-electron chi connectivity index (χ0n) is 16.8. The average Bonchev–Trinajstić information content (AvgIpc) is 3.15. The predicted octanol–water partition coefficient (Wildman–Crippen LogP) is 5.35. The second kappa shape index (κ2) is 7.74. The van der Waals surface area contributed by atoms with Gasteiger partial charge in [0.05, 0.1) is 16.1 Å². The zero-order chi connectivity index (χ0) is 21.5. The Balaban J connectivity index is 2.32. The Morgan fingerprint density at radius 1 is 1.24 bits per heavy atom. The van der Waals surface area contributed by atoms with Crippen LogP contribution < -0.4 is 5.32 Å². The fraction of sp³-hybridized carbons (Fsp3) is 0.474. The zero-order valence-corrected chi connectivity index (χ0v) is 17.6. The normalized spacial score (nSPS) is 12.2. The van der Waals surface area contributed by atoms with Crippen molar-refractivity contribution in [2.45, 2.75) is 59.6 Å². The number of alkyl halides is 3. The van der Waals surface area contributed by atoms with Crippen molar-refractivity contribution in [2.75, 3.05) is 5.32 Å².